The third-order valence-electron chi connectivity index (χ3n) is 10.5. The lowest BCUT2D eigenvalue weighted by Crippen LogP contribution is -2.23. The molecular weight excluding hydrogens is 721 g/mol. The van der Waals surface area contributed by atoms with E-state index in [0.717, 1.165) is 77.9 Å². The Morgan fingerprint density at radius 2 is 0.579 bits per heavy atom. The van der Waals surface area contributed by atoms with Gasteiger partial charge < -0.3 is 9.80 Å². The van der Waals surface area contributed by atoms with Crippen molar-refractivity contribution in [3.63, 3.8) is 0 Å². The molecule has 1 heterocycles. The fourth-order valence-corrected chi connectivity index (χ4v) is 8.68. The Kier molecular flexibility index (Phi) is 8.42. The molecule has 0 spiro atoms. The van der Waals surface area contributed by atoms with Crippen molar-refractivity contribution in [1.82, 2.24) is 0 Å². The second kappa shape index (κ2) is 14.1. The van der Waals surface area contributed by atoms with Crippen LogP contribution in [-0.4, -0.2) is 8.42 Å². The molecule has 0 radical (unpaired) electrons. The molecule has 57 heavy (non-hydrogen) atoms. The third-order valence-corrected chi connectivity index (χ3v) is 11.3. The zero-order chi connectivity index (χ0) is 38.3. The van der Waals surface area contributed by atoms with Crippen LogP contribution in [0.3, 0.4) is 0 Å². The molecule has 9 aromatic carbocycles. The van der Waals surface area contributed by atoms with Gasteiger partial charge in [0, 0.05) is 44.9 Å². The highest BCUT2D eigenvalue weighted by atomic mass is 32.2. The molecule has 1 aliphatic rings. The quantitative estimate of drug-likeness (QED) is 0.145. The molecule has 0 saturated heterocycles. The number of anilines is 6. The summed E-state index contributed by atoms with van der Waals surface area (Å²) in [6.45, 7) is 0. The highest BCUT2D eigenvalue weighted by Crippen LogP contribution is 2.38. The average Bonchev–Trinajstić information content (AvgIpc) is 3.61. The largest absolute Gasteiger partial charge is 0.364 e. The van der Waals surface area contributed by atoms with Gasteiger partial charge in [0.25, 0.3) is 0 Å². The van der Waals surface area contributed by atoms with E-state index < -0.39 is 10.2 Å². The first-order valence-electron chi connectivity index (χ1n) is 18.7. The Morgan fingerprint density at radius 3 is 0.895 bits per heavy atom. The summed E-state index contributed by atoms with van der Waals surface area (Å²) in [6.07, 6.45) is 0. The molecule has 0 atom stereocenters. The van der Waals surface area contributed by atoms with Crippen LogP contribution >= 0.6 is 0 Å². The maximum absolute atomic E-state index is 13.0. The van der Waals surface area contributed by atoms with E-state index in [0.29, 0.717) is 10.7 Å². The number of fused-ring (bicyclic) bond motifs is 6. The number of para-hydroxylation sites is 4. The number of hydrogen-bond acceptors (Lipinski definition) is 4. The second-order valence-corrected chi connectivity index (χ2v) is 15.2. The molecule has 0 unspecified atom stereocenters. The van der Waals surface area contributed by atoms with Crippen molar-refractivity contribution in [3.8, 4) is 22.3 Å². The molecule has 0 saturated carbocycles. The minimum Gasteiger partial charge on any atom is -0.311 e. The van der Waals surface area contributed by atoms with Crippen LogP contribution in [0.2, 0.25) is 0 Å². The molecule has 0 aromatic heterocycles. The highest BCUT2D eigenvalue weighted by molar-refractivity contribution is 7.88. The van der Waals surface area contributed by atoms with Gasteiger partial charge in [-0.05, 0) is 118 Å². The fraction of sp³-hybridized carbons (Fsp3) is 0. The van der Waals surface area contributed by atoms with E-state index in [1.54, 1.807) is 0 Å². The van der Waals surface area contributed by atoms with Gasteiger partial charge in [0.15, 0.2) is 0 Å². The topological polar surface area (TPSA) is 65.3 Å². The van der Waals surface area contributed by atoms with Crippen LogP contribution in [0.4, 0.5) is 34.1 Å². The summed E-state index contributed by atoms with van der Waals surface area (Å²) in [4.78, 5) is 4.45. The molecule has 0 fully saturated rings. The molecule has 9 aromatic rings. The Bertz CT molecular complexity index is 2870. The van der Waals surface area contributed by atoms with Gasteiger partial charge in [-0.1, -0.05) is 121 Å². The van der Waals surface area contributed by atoms with Crippen molar-refractivity contribution in [2.45, 2.75) is 0 Å². The highest BCUT2D eigenvalue weighted by Gasteiger charge is 2.20. The summed E-state index contributed by atoms with van der Waals surface area (Å²) in [5, 5.41) is 4.09. The van der Waals surface area contributed by atoms with Crippen LogP contribution in [0.15, 0.2) is 215 Å². The Morgan fingerprint density at radius 1 is 0.298 bits per heavy atom. The number of hydrogen-bond donors (Lipinski definition) is 0. The van der Waals surface area contributed by atoms with Crippen molar-refractivity contribution in [3.05, 3.63) is 217 Å². The van der Waals surface area contributed by atoms with E-state index in [1.165, 1.54) is 0 Å². The Balaban J connectivity index is 1.03. The van der Waals surface area contributed by atoms with Crippen molar-refractivity contribution < 1.29 is 8.42 Å². The maximum Gasteiger partial charge on any atom is 0.364 e. The zero-order valence-electron chi connectivity index (χ0n) is 30.6. The molecule has 0 bridgehead atoms. The van der Waals surface area contributed by atoms with Crippen molar-refractivity contribution in [2.24, 2.45) is 8.80 Å². The first kappa shape index (κ1) is 34.2. The molecule has 0 aliphatic carbocycles. The summed E-state index contributed by atoms with van der Waals surface area (Å²) in [7, 11) is -4.04. The molecule has 10 rings (SSSR count). The van der Waals surface area contributed by atoms with Gasteiger partial charge in [-0.3, -0.25) is 0 Å². The predicted octanol–water partition coefficient (Wildman–Crippen LogP) is 11.8. The van der Waals surface area contributed by atoms with Crippen molar-refractivity contribution in [2.75, 3.05) is 9.80 Å². The van der Waals surface area contributed by atoms with Crippen LogP contribution in [-0.2, 0) is 10.2 Å². The molecule has 0 amide bonds. The minimum absolute atomic E-state index is 0.379. The van der Waals surface area contributed by atoms with E-state index in [2.05, 4.69) is 140 Å². The Hall–Kier alpha value is -7.35. The van der Waals surface area contributed by atoms with Gasteiger partial charge in [-0.15, -0.1) is 8.80 Å². The van der Waals surface area contributed by atoms with Crippen LogP contribution in [0.1, 0.15) is 0 Å². The predicted molar refractivity (Wildman–Crippen MR) is 233 cm³/mol. The molecule has 1 aliphatic heterocycles. The van der Waals surface area contributed by atoms with Crippen LogP contribution in [0.5, 0.6) is 0 Å². The molecule has 272 valence electrons. The SMILES string of the molecule is O=S1(=O)N=c2c(c3cc(-c4ccc(N(c5ccccc5)c5ccccc5)cc4)ccc3c3ccc(-c4ccc(N(c5ccccc5)c5ccccc5)cc4)cc23)=N1. The van der Waals surface area contributed by atoms with E-state index in [-0.39, 0.29) is 0 Å². The number of nitrogens with zero attached hydrogens (tertiary/aromatic N) is 4. The standard InChI is InChI=1S/C50H34N4O2S/c55-57(56)51-49-47-33-37(35-21-27-43(28-22-35)53(39-13-5-1-6-14-39)40-15-7-2-8-16-40)25-31-45(47)46-32-26-38(34-48(46)50(49)52-57)36-23-29-44(30-24-36)54(41-17-9-3-10-18-41)42-19-11-4-12-20-42/h1-34H. The first-order valence-corrected chi connectivity index (χ1v) is 20.1. The monoisotopic (exact) mass is 754 g/mol. The summed E-state index contributed by atoms with van der Waals surface area (Å²) in [5.74, 6) is 0. The molecule has 0 N–H and O–H groups in total. The molecular formula is C50H34N4O2S. The lowest BCUT2D eigenvalue weighted by atomic mass is 9.94. The lowest BCUT2D eigenvalue weighted by Gasteiger charge is -2.25. The van der Waals surface area contributed by atoms with E-state index >= 15 is 0 Å². The Labute approximate surface area is 330 Å². The van der Waals surface area contributed by atoms with E-state index in [4.69, 9.17) is 0 Å². The molecule has 6 nitrogen and oxygen atoms in total. The van der Waals surface area contributed by atoms with Crippen LogP contribution in [0.25, 0.3) is 43.8 Å². The van der Waals surface area contributed by atoms with Crippen molar-refractivity contribution in [1.29, 1.82) is 0 Å². The summed E-state index contributed by atoms with van der Waals surface area (Å²) < 4.78 is 34.4. The normalized spacial score (nSPS) is 12.8. The summed E-state index contributed by atoms with van der Waals surface area (Å²) in [6, 6.07) is 70.5. The van der Waals surface area contributed by atoms with Gasteiger partial charge in [-0.2, -0.15) is 8.42 Å². The minimum atomic E-state index is -4.04. The van der Waals surface area contributed by atoms with Gasteiger partial charge in [0.05, 0.1) is 0 Å². The summed E-state index contributed by atoms with van der Waals surface area (Å²) >= 11 is 0. The van der Waals surface area contributed by atoms with Gasteiger partial charge in [-0.25, -0.2) is 0 Å². The summed E-state index contributed by atoms with van der Waals surface area (Å²) in [5.41, 5.74) is 10.2. The van der Waals surface area contributed by atoms with Gasteiger partial charge >= 0.3 is 10.2 Å². The van der Waals surface area contributed by atoms with E-state index in [9.17, 15) is 8.42 Å². The lowest BCUT2D eigenvalue weighted by molar-refractivity contribution is 0.599. The van der Waals surface area contributed by atoms with Gasteiger partial charge in [0.1, 0.15) is 10.7 Å². The van der Waals surface area contributed by atoms with E-state index in [1.807, 2.05) is 84.9 Å². The van der Waals surface area contributed by atoms with Crippen LogP contribution in [0, 0.1) is 0 Å². The second-order valence-electron chi connectivity index (χ2n) is 14.0. The van der Waals surface area contributed by atoms with Gasteiger partial charge in [0.2, 0.25) is 0 Å². The van der Waals surface area contributed by atoms with Crippen LogP contribution < -0.4 is 20.5 Å². The zero-order valence-corrected chi connectivity index (χ0v) is 31.5. The average molecular weight is 755 g/mol. The third kappa shape index (κ3) is 6.40. The number of rotatable bonds is 8. The fourth-order valence-electron chi connectivity index (χ4n) is 7.81. The maximum atomic E-state index is 13.0. The smallest absolute Gasteiger partial charge is 0.311 e. The van der Waals surface area contributed by atoms with Crippen molar-refractivity contribution >= 4 is 65.9 Å². The number of benzene rings is 9. The molecule has 7 heteroatoms. The first-order chi connectivity index (χ1) is 28.0.